The topological polar surface area (TPSA) is 9.23 Å². The summed E-state index contributed by atoms with van der Waals surface area (Å²) in [7, 11) is 0. The first-order valence-corrected chi connectivity index (χ1v) is 4.60. The molecule has 0 aromatic heterocycles. The molecule has 1 heterocycles. The molecule has 54 valence electrons. The number of hydrogen-bond acceptors (Lipinski definition) is 1. The van der Waals surface area contributed by atoms with Crippen molar-refractivity contribution in [2.45, 2.75) is 13.3 Å². The zero-order valence-corrected chi connectivity index (χ0v) is 7.36. The molecule has 1 rings (SSSR count). The van der Waals surface area contributed by atoms with E-state index in [1.165, 1.54) is 6.42 Å². The maximum absolute atomic E-state index is 5.31. The summed E-state index contributed by atoms with van der Waals surface area (Å²) in [5.41, 5.74) is 0. The van der Waals surface area contributed by atoms with Gasteiger partial charge in [0.15, 0.2) is 0 Å². The minimum Gasteiger partial charge on any atom is -0.381 e. The van der Waals surface area contributed by atoms with Crippen molar-refractivity contribution in [3.63, 3.8) is 0 Å². The molecule has 0 N–H and O–H groups in total. The largest absolute Gasteiger partial charge is 0.381 e. The second kappa shape index (κ2) is 3.57. The highest BCUT2D eigenvalue weighted by Gasteiger charge is 2.19. The molecule has 0 amide bonds. The first-order chi connectivity index (χ1) is 4.34. The lowest BCUT2D eigenvalue weighted by molar-refractivity contribution is 0.0326. The Balaban J connectivity index is 2.30. The molecule has 1 aliphatic heterocycles. The van der Waals surface area contributed by atoms with E-state index in [4.69, 9.17) is 4.74 Å². The number of alkyl halides is 1. The third kappa shape index (κ3) is 1.94. The van der Waals surface area contributed by atoms with Gasteiger partial charge in [0.1, 0.15) is 0 Å². The fourth-order valence-electron chi connectivity index (χ4n) is 1.10. The molecule has 0 saturated carbocycles. The van der Waals surface area contributed by atoms with Gasteiger partial charge >= 0.3 is 0 Å². The van der Waals surface area contributed by atoms with Gasteiger partial charge in [-0.15, -0.1) is 0 Å². The monoisotopic (exact) mass is 192 g/mol. The predicted octanol–water partition coefficient (Wildman–Crippen LogP) is 2.05. The summed E-state index contributed by atoms with van der Waals surface area (Å²) in [5, 5.41) is 1.09. The normalized spacial score (nSPS) is 36.7. The molecule has 1 aliphatic rings. The van der Waals surface area contributed by atoms with E-state index in [2.05, 4.69) is 22.9 Å². The Morgan fingerprint density at radius 2 is 2.44 bits per heavy atom. The summed E-state index contributed by atoms with van der Waals surface area (Å²) >= 11 is 3.47. The highest BCUT2D eigenvalue weighted by molar-refractivity contribution is 9.09. The molecule has 2 atom stereocenters. The number of ether oxygens (including phenoxy) is 1. The molecule has 0 aromatic rings. The zero-order valence-electron chi connectivity index (χ0n) is 5.77. The molecule has 0 spiro atoms. The van der Waals surface area contributed by atoms with Crippen molar-refractivity contribution in [1.82, 2.24) is 0 Å². The van der Waals surface area contributed by atoms with Gasteiger partial charge in [0.05, 0.1) is 6.61 Å². The standard InChI is InChI=1S/C7H13BrO/c1-6-2-3-9-5-7(6)4-8/h6-7H,2-5H2,1H3. The van der Waals surface area contributed by atoms with Gasteiger partial charge in [-0.25, -0.2) is 0 Å². The molecule has 0 aromatic carbocycles. The van der Waals surface area contributed by atoms with E-state index in [9.17, 15) is 0 Å². The van der Waals surface area contributed by atoms with Crippen molar-refractivity contribution in [1.29, 1.82) is 0 Å². The summed E-state index contributed by atoms with van der Waals surface area (Å²) in [6.45, 7) is 4.21. The van der Waals surface area contributed by atoms with Crippen LogP contribution in [-0.4, -0.2) is 18.5 Å². The Labute approximate surface area is 64.9 Å². The van der Waals surface area contributed by atoms with Crippen molar-refractivity contribution in [3.8, 4) is 0 Å². The molecule has 2 unspecified atom stereocenters. The van der Waals surface area contributed by atoms with Crippen LogP contribution in [0.25, 0.3) is 0 Å². The van der Waals surface area contributed by atoms with Gasteiger partial charge in [-0.05, 0) is 18.3 Å². The fourth-order valence-corrected chi connectivity index (χ4v) is 1.93. The zero-order chi connectivity index (χ0) is 6.69. The van der Waals surface area contributed by atoms with E-state index < -0.39 is 0 Å². The summed E-state index contributed by atoms with van der Waals surface area (Å²) in [6.07, 6.45) is 1.23. The van der Waals surface area contributed by atoms with E-state index in [0.717, 1.165) is 30.4 Å². The summed E-state index contributed by atoms with van der Waals surface area (Å²) in [5.74, 6) is 1.59. The summed E-state index contributed by atoms with van der Waals surface area (Å²) < 4.78 is 5.31. The molecular weight excluding hydrogens is 180 g/mol. The van der Waals surface area contributed by atoms with E-state index in [1.54, 1.807) is 0 Å². The van der Waals surface area contributed by atoms with Gasteiger partial charge in [0.2, 0.25) is 0 Å². The maximum atomic E-state index is 5.31. The minimum atomic E-state index is 0.749. The molecule has 0 radical (unpaired) electrons. The van der Waals surface area contributed by atoms with Crippen LogP contribution in [0.1, 0.15) is 13.3 Å². The Bertz CT molecular complexity index is 85.0. The Morgan fingerprint density at radius 1 is 1.67 bits per heavy atom. The van der Waals surface area contributed by atoms with Crippen molar-refractivity contribution < 1.29 is 4.74 Å². The number of rotatable bonds is 1. The van der Waals surface area contributed by atoms with E-state index >= 15 is 0 Å². The van der Waals surface area contributed by atoms with Gasteiger partial charge in [0.25, 0.3) is 0 Å². The van der Waals surface area contributed by atoms with Crippen LogP contribution in [0, 0.1) is 11.8 Å². The second-order valence-corrected chi connectivity index (χ2v) is 3.40. The third-order valence-corrected chi connectivity index (χ3v) is 2.88. The average Bonchev–Trinajstić information content (AvgIpc) is 1.89. The first kappa shape index (κ1) is 7.55. The average molecular weight is 193 g/mol. The van der Waals surface area contributed by atoms with Crippen molar-refractivity contribution in [3.05, 3.63) is 0 Å². The predicted molar refractivity (Wildman–Crippen MR) is 41.9 cm³/mol. The van der Waals surface area contributed by atoms with Crippen LogP contribution in [0.15, 0.2) is 0 Å². The SMILES string of the molecule is CC1CCOCC1CBr. The van der Waals surface area contributed by atoms with Gasteiger partial charge in [-0.1, -0.05) is 22.9 Å². The third-order valence-electron chi connectivity index (χ3n) is 2.05. The van der Waals surface area contributed by atoms with Crippen molar-refractivity contribution in [2.24, 2.45) is 11.8 Å². The Hall–Kier alpha value is 0.440. The maximum Gasteiger partial charge on any atom is 0.0504 e. The van der Waals surface area contributed by atoms with Crippen LogP contribution >= 0.6 is 15.9 Å². The molecule has 2 heteroatoms. The number of halogens is 1. The molecule has 0 bridgehead atoms. The highest BCUT2D eigenvalue weighted by Crippen LogP contribution is 2.22. The summed E-state index contributed by atoms with van der Waals surface area (Å²) in [4.78, 5) is 0. The van der Waals surface area contributed by atoms with Crippen LogP contribution in [0.4, 0.5) is 0 Å². The van der Waals surface area contributed by atoms with E-state index in [1.807, 2.05) is 0 Å². The minimum absolute atomic E-state index is 0.749. The van der Waals surface area contributed by atoms with Crippen LogP contribution in [-0.2, 0) is 4.74 Å². The highest BCUT2D eigenvalue weighted by atomic mass is 79.9. The second-order valence-electron chi connectivity index (χ2n) is 2.76. The molecular formula is C7H13BrO. The number of hydrogen-bond donors (Lipinski definition) is 0. The van der Waals surface area contributed by atoms with E-state index in [0.29, 0.717) is 0 Å². The van der Waals surface area contributed by atoms with Crippen LogP contribution in [0.5, 0.6) is 0 Å². The first-order valence-electron chi connectivity index (χ1n) is 3.48. The van der Waals surface area contributed by atoms with E-state index in [-0.39, 0.29) is 0 Å². The van der Waals surface area contributed by atoms with Gasteiger partial charge in [-0.3, -0.25) is 0 Å². The summed E-state index contributed by atoms with van der Waals surface area (Å²) in [6, 6.07) is 0. The molecule has 1 saturated heterocycles. The smallest absolute Gasteiger partial charge is 0.0504 e. The molecule has 1 nitrogen and oxygen atoms in total. The molecule has 0 aliphatic carbocycles. The van der Waals surface area contributed by atoms with Crippen LogP contribution in [0.2, 0.25) is 0 Å². The lowest BCUT2D eigenvalue weighted by Crippen LogP contribution is -2.26. The van der Waals surface area contributed by atoms with Crippen molar-refractivity contribution >= 4 is 15.9 Å². The lowest BCUT2D eigenvalue weighted by atomic mass is 9.92. The van der Waals surface area contributed by atoms with Gasteiger partial charge in [0, 0.05) is 11.9 Å². The van der Waals surface area contributed by atoms with Gasteiger partial charge < -0.3 is 4.74 Å². The van der Waals surface area contributed by atoms with Crippen LogP contribution < -0.4 is 0 Å². The molecule has 1 fully saturated rings. The molecule has 9 heavy (non-hydrogen) atoms. The Kier molecular flexibility index (Phi) is 2.99. The van der Waals surface area contributed by atoms with Crippen LogP contribution in [0.3, 0.4) is 0 Å². The Morgan fingerprint density at radius 3 is 2.89 bits per heavy atom. The fraction of sp³-hybridized carbons (Fsp3) is 1.00. The quantitative estimate of drug-likeness (QED) is 0.579. The van der Waals surface area contributed by atoms with Gasteiger partial charge in [-0.2, -0.15) is 0 Å². The lowest BCUT2D eigenvalue weighted by Gasteiger charge is -2.26. The van der Waals surface area contributed by atoms with Crippen molar-refractivity contribution in [2.75, 3.05) is 18.5 Å².